The number of rotatable bonds is 6. The van der Waals surface area contributed by atoms with Gasteiger partial charge < -0.3 is 14.5 Å². The first kappa shape index (κ1) is 22.3. The van der Waals surface area contributed by atoms with E-state index in [4.69, 9.17) is 4.74 Å². The maximum absolute atomic E-state index is 12.9. The van der Waals surface area contributed by atoms with Gasteiger partial charge in [0.15, 0.2) is 0 Å². The summed E-state index contributed by atoms with van der Waals surface area (Å²) in [6, 6.07) is 14.1. The van der Waals surface area contributed by atoms with Crippen LogP contribution < -0.4 is 4.74 Å². The highest BCUT2D eigenvalue weighted by atomic mass is 32.1. The molecule has 32 heavy (non-hydrogen) atoms. The van der Waals surface area contributed by atoms with Crippen molar-refractivity contribution < 1.29 is 14.3 Å². The van der Waals surface area contributed by atoms with Crippen molar-refractivity contribution in [3.8, 4) is 5.75 Å². The fourth-order valence-electron chi connectivity index (χ4n) is 4.07. The van der Waals surface area contributed by atoms with Gasteiger partial charge in [-0.25, -0.2) is 0 Å². The number of hydrogen-bond acceptors (Lipinski definition) is 5. The van der Waals surface area contributed by atoms with E-state index in [0.29, 0.717) is 26.2 Å². The summed E-state index contributed by atoms with van der Waals surface area (Å²) in [5, 5.41) is 6.07. The average Bonchev–Trinajstić information content (AvgIpc) is 3.25. The van der Waals surface area contributed by atoms with Crippen molar-refractivity contribution in [1.29, 1.82) is 0 Å². The molecule has 0 bridgehead atoms. The van der Waals surface area contributed by atoms with E-state index >= 15 is 0 Å². The van der Waals surface area contributed by atoms with Crippen molar-refractivity contribution in [3.63, 3.8) is 0 Å². The zero-order valence-electron chi connectivity index (χ0n) is 18.6. The zero-order valence-corrected chi connectivity index (χ0v) is 19.4. The Morgan fingerprint density at radius 3 is 2.62 bits per heavy atom. The van der Waals surface area contributed by atoms with Crippen molar-refractivity contribution >= 4 is 33.9 Å². The van der Waals surface area contributed by atoms with Gasteiger partial charge in [-0.05, 0) is 52.4 Å². The number of benzene rings is 2. The highest BCUT2D eigenvalue weighted by Crippen LogP contribution is 2.22. The summed E-state index contributed by atoms with van der Waals surface area (Å²) in [5.41, 5.74) is 1.86. The maximum Gasteiger partial charge on any atom is 0.254 e. The Morgan fingerprint density at radius 2 is 1.84 bits per heavy atom. The molecule has 7 heteroatoms. The Balaban J connectivity index is 1.31. The molecule has 0 aliphatic carbocycles. The molecule has 0 unspecified atom stereocenters. The van der Waals surface area contributed by atoms with Crippen LogP contribution in [0.15, 0.2) is 53.2 Å². The molecule has 0 saturated carbocycles. The predicted molar refractivity (Wildman–Crippen MR) is 128 cm³/mol. The smallest absolute Gasteiger partial charge is 0.254 e. The Labute approximate surface area is 193 Å². The molecule has 3 aromatic rings. The molecule has 2 amide bonds. The zero-order chi connectivity index (χ0) is 22.5. The van der Waals surface area contributed by atoms with Gasteiger partial charge in [-0.2, -0.15) is 11.3 Å². The van der Waals surface area contributed by atoms with Crippen LogP contribution in [0.5, 0.6) is 5.75 Å². The molecule has 1 aliphatic heterocycles. The van der Waals surface area contributed by atoms with E-state index in [-0.39, 0.29) is 11.8 Å². The van der Waals surface area contributed by atoms with Crippen LogP contribution in [0, 0.1) is 0 Å². The van der Waals surface area contributed by atoms with Crippen LogP contribution >= 0.6 is 11.3 Å². The number of thiophene rings is 1. The third kappa shape index (κ3) is 5.29. The van der Waals surface area contributed by atoms with Gasteiger partial charge in [0.1, 0.15) is 5.75 Å². The first-order chi connectivity index (χ1) is 15.5. The fourth-order valence-corrected chi connectivity index (χ4v) is 4.70. The van der Waals surface area contributed by atoms with Crippen molar-refractivity contribution in [1.82, 2.24) is 14.7 Å². The van der Waals surface area contributed by atoms with E-state index in [1.165, 1.54) is 11.3 Å². The van der Waals surface area contributed by atoms with Gasteiger partial charge in [-0.3, -0.25) is 14.5 Å². The van der Waals surface area contributed by atoms with Gasteiger partial charge in [0.2, 0.25) is 5.91 Å². The van der Waals surface area contributed by atoms with Crippen molar-refractivity contribution in [2.45, 2.75) is 13.0 Å². The second kappa shape index (κ2) is 10.1. The number of methoxy groups -OCH3 is 1. The molecule has 0 N–H and O–H groups in total. The minimum absolute atomic E-state index is 0.0884. The standard InChI is InChI=1S/C25H29N3O3S/c1-26(16-19-4-5-21-15-23(31-2)7-6-20(21)14-19)24(29)17-27-9-3-10-28(12-11-27)25(30)22-8-13-32-18-22/h4-8,13-15,18H,3,9-12,16-17H2,1-2H3. The molecular formula is C25H29N3O3S. The first-order valence-electron chi connectivity index (χ1n) is 10.9. The predicted octanol–water partition coefficient (Wildman–Crippen LogP) is 3.72. The third-order valence-electron chi connectivity index (χ3n) is 5.96. The third-order valence-corrected chi connectivity index (χ3v) is 6.64. The van der Waals surface area contributed by atoms with Gasteiger partial charge >= 0.3 is 0 Å². The molecule has 1 aliphatic rings. The number of carbonyl (C=O) groups excluding carboxylic acids is 2. The Hall–Kier alpha value is -2.90. The van der Waals surface area contributed by atoms with E-state index in [1.807, 2.05) is 47.0 Å². The SMILES string of the molecule is COc1ccc2cc(CN(C)C(=O)CN3CCCN(C(=O)c4ccsc4)CC3)ccc2c1. The molecule has 1 aromatic heterocycles. The maximum atomic E-state index is 12.9. The van der Waals surface area contributed by atoms with E-state index in [0.717, 1.165) is 47.2 Å². The van der Waals surface area contributed by atoms with Crippen LogP contribution in [0.1, 0.15) is 22.3 Å². The largest absolute Gasteiger partial charge is 0.497 e. The van der Waals surface area contributed by atoms with Crippen LogP contribution in [-0.2, 0) is 11.3 Å². The minimum atomic E-state index is 0.0884. The number of ether oxygens (including phenoxy) is 1. The van der Waals surface area contributed by atoms with E-state index in [9.17, 15) is 9.59 Å². The Kier molecular flexibility index (Phi) is 7.07. The summed E-state index contributed by atoms with van der Waals surface area (Å²) in [6.45, 7) is 3.87. The molecule has 6 nitrogen and oxygen atoms in total. The monoisotopic (exact) mass is 451 g/mol. The molecular weight excluding hydrogens is 422 g/mol. The molecule has 2 heterocycles. The van der Waals surface area contributed by atoms with Gasteiger partial charge in [-0.1, -0.05) is 18.2 Å². The number of fused-ring (bicyclic) bond motifs is 1. The lowest BCUT2D eigenvalue weighted by molar-refractivity contribution is -0.131. The second-order valence-electron chi connectivity index (χ2n) is 8.23. The average molecular weight is 452 g/mol. The van der Waals surface area contributed by atoms with Crippen LogP contribution in [0.3, 0.4) is 0 Å². The quantitative estimate of drug-likeness (QED) is 0.573. The number of amides is 2. The second-order valence-corrected chi connectivity index (χ2v) is 9.01. The molecule has 0 spiro atoms. The topological polar surface area (TPSA) is 53.1 Å². The normalized spacial score (nSPS) is 14.9. The molecule has 0 radical (unpaired) electrons. The number of hydrogen-bond donors (Lipinski definition) is 0. The summed E-state index contributed by atoms with van der Waals surface area (Å²) >= 11 is 1.54. The van der Waals surface area contributed by atoms with E-state index in [2.05, 4.69) is 23.1 Å². The Bertz CT molecular complexity index is 1080. The van der Waals surface area contributed by atoms with Crippen LogP contribution in [0.25, 0.3) is 10.8 Å². The number of carbonyl (C=O) groups is 2. The van der Waals surface area contributed by atoms with Crippen molar-refractivity contribution in [2.24, 2.45) is 0 Å². The lowest BCUT2D eigenvalue weighted by Crippen LogP contribution is -2.40. The molecule has 0 atom stereocenters. The highest BCUT2D eigenvalue weighted by Gasteiger charge is 2.22. The molecule has 168 valence electrons. The summed E-state index contributed by atoms with van der Waals surface area (Å²) < 4.78 is 5.29. The van der Waals surface area contributed by atoms with Crippen molar-refractivity contribution in [3.05, 3.63) is 64.4 Å². The van der Waals surface area contributed by atoms with E-state index in [1.54, 1.807) is 12.0 Å². The van der Waals surface area contributed by atoms with Gasteiger partial charge in [0.05, 0.1) is 19.2 Å². The summed E-state index contributed by atoms with van der Waals surface area (Å²) in [5.74, 6) is 1.02. The summed E-state index contributed by atoms with van der Waals surface area (Å²) in [4.78, 5) is 31.3. The highest BCUT2D eigenvalue weighted by molar-refractivity contribution is 7.08. The van der Waals surface area contributed by atoms with Gasteiger partial charge in [0.25, 0.3) is 5.91 Å². The summed E-state index contributed by atoms with van der Waals surface area (Å²) in [6.07, 6.45) is 0.876. The van der Waals surface area contributed by atoms with Crippen LogP contribution in [0.2, 0.25) is 0 Å². The molecule has 1 fully saturated rings. The first-order valence-corrected chi connectivity index (χ1v) is 11.8. The Morgan fingerprint density at radius 1 is 1.03 bits per heavy atom. The number of nitrogens with zero attached hydrogens (tertiary/aromatic N) is 3. The molecule has 1 saturated heterocycles. The summed E-state index contributed by atoms with van der Waals surface area (Å²) in [7, 11) is 3.52. The lowest BCUT2D eigenvalue weighted by atomic mass is 10.1. The van der Waals surface area contributed by atoms with E-state index < -0.39 is 0 Å². The van der Waals surface area contributed by atoms with Crippen LogP contribution in [-0.4, -0.2) is 73.4 Å². The van der Waals surface area contributed by atoms with Gasteiger partial charge in [0, 0.05) is 45.2 Å². The molecule has 2 aromatic carbocycles. The number of likely N-dealkylation sites (N-methyl/N-ethyl adjacent to an activating group) is 1. The van der Waals surface area contributed by atoms with Gasteiger partial charge in [-0.15, -0.1) is 0 Å². The van der Waals surface area contributed by atoms with Crippen molar-refractivity contribution in [2.75, 3.05) is 46.9 Å². The lowest BCUT2D eigenvalue weighted by Gasteiger charge is -2.24. The fraction of sp³-hybridized carbons (Fsp3) is 0.360. The van der Waals surface area contributed by atoms with Crippen LogP contribution in [0.4, 0.5) is 0 Å². The molecule has 4 rings (SSSR count). The minimum Gasteiger partial charge on any atom is -0.497 e.